The Labute approximate surface area is 53.6 Å². The van der Waals surface area contributed by atoms with Crippen molar-refractivity contribution in [3.63, 3.8) is 0 Å². The second kappa shape index (κ2) is 47.3. The van der Waals surface area contributed by atoms with Gasteiger partial charge in [0.2, 0.25) is 0 Å². The van der Waals surface area contributed by atoms with Gasteiger partial charge in [-0.2, -0.15) is 0 Å². The molecule has 7 heteroatoms. The summed E-state index contributed by atoms with van der Waals surface area (Å²) in [5, 5.41) is 15.8. The number of rotatable bonds is 0. The molecule has 0 N–H and O–H groups in total. The minimum absolute atomic E-state index is 0. The van der Waals surface area contributed by atoms with Crippen LogP contribution in [0.3, 0.4) is 0 Å². The van der Waals surface area contributed by atoms with Crippen molar-refractivity contribution in [1.82, 2.24) is 0 Å². The van der Waals surface area contributed by atoms with Crippen molar-refractivity contribution in [2.75, 3.05) is 0 Å². The molecule has 0 aromatic heterocycles. The summed E-state index contributed by atoms with van der Waals surface area (Å²) in [4.78, 5) is 15.8. The Balaban J connectivity index is -0.0000000400. The summed E-state index contributed by atoms with van der Waals surface area (Å²) < 4.78 is 3.50. The topological polar surface area (TPSA) is 103 Å². The molecule has 6 nitrogen and oxygen atoms in total. The standard InChI is InChI=1S/Mg.2O3/c;2*1-3-2. The van der Waals surface area contributed by atoms with Crippen molar-refractivity contribution < 1.29 is 10.5 Å². The minimum Gasteiger partial charge on any atom is -0.0772 e. The van der Waals surface area contributed by atoms with E-state index in [0.717, 1.165) is 0 Å². The lowest BCUT2D eigenvalue weighted by molar-refractivity contribution is -0.285. The van der Waals surface area contributed by atoms with E-state index < -0.39 is 0 Å². The van der Waals surface area contributed by atoms with Crippen LogP contribution in [0.4, 0.5) is 0 Å². The van der Waals surface area contributed by atoms with Gasteiger partial charge >= 0.3 is 0 Å². The van der Waals surface area contributed by atoms with E-state index in [9.17, 15) is 0 Å². The van der Waals surface area contributed by atoms with Gasteiger partial charge in [0, 0.05) is 23.1 Å². The predicted molar refractivity (Wildman–Crippen MR) is 19.2 cm³/mol. The molecule has 0 aliphatic carbocycles. The van der Waals surface area contributed by atoms with Gasteiger partial charge in [-0.05, 0) is 0 Å². The predicted octanol–water partition coefficient (Wildman–Crippen LogP) is -2.62. The Hall–Kier alpha value is -0.434. The third-order valence-corrected chi connectivity index (χ3v) is 0. The first-order valence-corrected chi connectivity index (χ1v) is 0.667. The molecule has 0 atom stereocenters. The lowest BCUT2D eigenvalue weighted by atomic mass is 14.8. The summed E-state index contributed by atoms with van der Waals surface area (Å²) in [7, 11) is 0. The Kier molecular flexibility index (Phi) is 108. The van der Waals surface area contributed by atoms with Crippen LogP contribution in [0, 0.1) is 19.4 Å². The first-order chi connectivity index (χ1) is 2.83. The maximum atomic E-state index is 7.88. The Morgan fingerprint density at radius 3 is 1.00 bits per heavy atom. The molecule has 0 aromatic carbocycles. The molecule has 7 heavy (non-hydrogen) atoms. The fourth-order valence-corrected chi connectivity index (χ4v) is 0. The summed E-state index contributed by atoms with van der Waals surface area (Å²) in [5.41, 5.74) is 0. The van der Waals surface area contributed by atoms with Crippen molar-refractivity contribution in [2.24, 2.45) is 0 Å². The van der Waals surface area contributed by atoms with Crippen LogP contribution in [0.15, 0.2) is 0 Å². The molecule has 0 bridgehead atoms. The van der Waals surface area contributed by atoms with Crippen LogP contribution >= 0.6 is 0 Å². The van der Waals surface area contributed by atoms with Gasteiger partial charge in [0.25, 0.3) is 0 Å². The maximum Gasteiger partial charge on any atom is 0.154 e. The van der Waals surface area contributed by atoms with E-state index in [4.69, 9.17) is 20.4 Å². The third kappa shape index (κ3) is 376. The highest BCUT2D eigenvalue weighted by Gasteiger charge is 1.27. The Morgan fingerprint density at radius 1 is 1.00 bits per heavy atom. The molecule has 0 aliphatic rings. The number of hydrogen-bond donors (Lipinski definition) is 0. The van der Waals surface area contributed by atoms with Crippen LogP contribution in [-0.2, 0) is 0 Å². The Bertz CT molecular complexity index is 25.2. The summed E-state index contributed by atoms with van der Waals surface area (Å²) in [6.45, 7) is 0. The van der Waals surface area contributed by atoms with E-state index in [-0.39, 0.29) is 23.1 Å². The first-order valence-electron chi connectivity index (χ1n) is 0.667. The maximum absolute atomic E-state index is 7.88. The second-order valence-corrected chi connectivity index (χ2v) is 0.136. The second-order valence-electron chi connectivity index (χ2n) is 0.136. The van der Waals surface area contributed by atoms with Crippen molar-refractivity contribution in [1.29, 1.82) is 0 Å². The van der Waals surface area contributed by atoms with E-state index in [2.05, 4.69) is 0 Å². The molecule has 0 aromatic rings. The van der Waals surface area contributed by atoms with Crippen molar-refractivity contribution in [3.05, 3.63) is 19.4 Å². The Morgan fingerprint density at radius 2 is 1.00 bits per heavy atom. The van der Waals surface area contributed by atoms with Gasteiger partial charge in [-0.15, -0.1) is 0 Å². The molecule has 0 rings (SSSR count). The van der Waals surface area contributed by atoms with Crippen LogP contribution in [0.2, 0.25) is 0 Å². The molecule has 0 heterocycles. The molecule has 0 unspecified atom stereocenters. The van der Waals surface area contributed by atoms with Crippen LogP contribution in [0.5, 0.6) is 0 Å². The highest BCUT2D eigenvalue weighted by Crippen LogP contribution is 1.01. The average molecular weight is 120 g/mol. The van der Waals surface area contributed by atoms with Crippen LogP contribution in [0.1, 0.15) is 0 Å². The first kappa shape index (κ1) is 16.0. The van der Waals surface area contributed by atoms with Gasteiger partial charge in [0.1, 0.15) is 0 Å². The molecule has 38 valence electrons. The molecular formula is MgO6. The van der Waals surface area contributed by atoms with E-state index >= 15 is 0 Å². The third-order valence-electron chi connectivity index (χ3n) is 0. The van der Waals surface area contributed by atoms with Gasteiger partial charge in [0.15, 0.2) is 9.49 Å². The van der Waals surface area contributed by atoms with Crippen molar-refractivity contribution >= 4 is 23.1 Å². The molecule has 0 amide bonds. The van der Waals surface area contributed by atoms with Gasteiger partial charge in [-0.3, -0.25) is 0 Å². The zero-order valence-electron chi connectivity index (χ0n) is 3.16. The highest BCUT2D eigenvalue weighted by atomic mass is 24.3. The zero-order valence-corrected chi connectivity index (χ0v) is 4.57. The minimum atomic E-state index is 0. The molecule has 0 saturated heterocycles. The summed E-state index contributed by atoms with van der Waals surface area (Å²) >= 11 is 0. The highest BCUT2D eigenvalue weighted by molar-refractivity contribution is 5.75. The summed E-state index contributed by atoms with van der Waals surface area (Å²) in [6.07, 6.45) is 0. The molecular weight excluding hydrogens is 120 g/mol. The molecule has 0 saturated carbocycles. The zero-order chi connectivity index (χ0) is 5.41. The van der Waals surface area contributed by atoms with Gasteiger partial charge in [-0.25, -0.2) is 0 Å². The summed E-state index contributed by atoms with van der Waals surface area (Å²) in [5.74, 6) is 0. The van der Waals surface area contributed by atoms with Gasteiger partial charge in [0.05, 0.1) is 0 Å². The normalized spacial score (nSPS) is 3.43. The fraction of sp³-hybridized carbons (Fsp3) is 0. The average Bonchev–Trinajstić information content (AvgIpc) is 1.39. The number of hydrogen-bond acceptors (Lipinski definition) is 4. The van der Waals surface area contributed by atoms with Crippen LogP contribution < -0.4 is 10.5 Å². The largest absolute Gasteiger partial charge is 0.154 e. The van der Waals surface area contributed by atoms with Gasteiger partial charge in [-0.1, -0.05) is 20.4 Å². The van der Waals surface area contributed by atoms with Crippen LogP contribution in [0.25, 0.3) is 0 Å². The molecule has 0 spiro atoms. The smallest absolute Gasteiger partial charge is 0.0772 e. The fourth-order valence-electron chi connectivity index (χ4n) is 0. The van der Waals surface area contributed by atoms with E-state index in [1.807, 2.05) is 0 Å². The van der Waals surface area contributed by atoms with Crippen molar-refractivity contribution in [2.45, 2.75) is 0 Å². The molecule has 0 aliphatic heterocycles. The lowest BCUT2D eigenvalue weighted by Crippen LogP contribution is -1.82. The van der Waals surface area contributed by atoms with E-state index in [1.54, 1.807) is 9.49 Å². The van der Waals surface area contributed by atoms with Crippen molar-refractivity contribution in [3.8, 4) is 0 Å². The quantitative estimate of drug-likeness (QED) is 0.151. The van der Waals surface area contributed by atoms with E-state index in [1.165, 1.54) is 0 Å². The lowest BCUT2D eigenvalue weighted by Gasteiger charge is -1.19. The van der Waals surface area contributed by atoms with Gasteiger partial charge < -0.3 is 0 Å². The van der Waals surface area contributed by atoms with E-state index in [0.29, 0.717) is 0 Å². The summed E-state index contributed by atoms with van der Waals surface area (Å²) in [6, 6.07) is 0. The van der Waals surface area contributed by atoms with Crippen LogP contribution in [-0.4, -0.2) is 23.1 Å². The SMILES string of the molecule is O=[O+][O-].O=[O+][O-].[Mg]. The monoisotopic (exact) mass is 120 g/mol. The molecule has 2 radical (unpaired) electrons. The molecule has 0 fully saturated rings.